The van der Waals surface area contributed by atoms with Crippen molar-refractivity contribution in [1.29, 1.82) is 0 Å². The van der Waals surface area contributed by atoms with Crippen LogP contribution in [0.3, 0.4) is 0 Å². The molecule has 9 heavy (non-hydrogen) atoms. The molecule has 1 aliphatic heterocycles. The molecule has 0 aromatic heterocycles. The van der Waals surface area contributed by atoms with Gasteiger partial charge >= 0.3 is 0 Å². The molecule has 0 aromatic rings. The lowest BCUT2D eigenvalue weighted by atomic mass is 10.2. The van der Waals surface area contributed by atoms with Gasteiger partial charge in [-0.15, -0.1) is 0 Å². The highest BCUT2D eigenvalue weighted by Gasteiger charge is 2.17. The van der Waals surface area contributed by atoms with Crippen molar-refractivity contribution in [3.8, 4) is 0 Å². The van der Waals surface area contributed by atoms with E-state index in [1.54, 1.807) is 0 Å². The monoisotopic (exact) mass is 128 g/mol. The Morgan fingerprint density at radius 3 is 2.67 bits per heavy atom. The Labute approximate surface area is 55.5 Å². The zero-order chi connectivity index (χ0) is 6.85. The van der Waals surface area contributed by atoms with Crippen molar-refractivity contribution in [3.05, 3.63) is 12.3 Å². The van der Waals surface area contributed by atoms with E-state index in [-0.39, 0.29) is 12.4 Å². The summed E-state index contributed by atoms with van der Waals surface area (Å²) in [7, 11) is 0. The van der Waals surface area contributed by atoms with Gasteiger partial charge in [-0.05, 0) is 13.8 Å². The summed E-state index contributed by atoms with van der Waals surface area (Å²) in [6, 6.07) is 0. The number of hydrogen-bond acceptors (Lipinski definition) is 2. The topological polar surface area (TPSA) is 18.5 Å². The summed E-state index contributed by atoms with van der Waals surface area (Å²) < 4.78 is 10.4. The van der Waals surface area contributed by atoms with Gasteiger partial charge in [0.05, 0.1) is 11.9 Å². The SMILES string of the molecule is C=C1C[C@H](C)O[C@H](C)O1. The first-order chi connectivity index (χ1) is 4.18. The first kappa shape index (κ1) is 6.62. The highest BCUT2D eigenvalue weighted by Crippen LogP contribution is 2.18. The molecule has 0 spiro atoms. The zero-order valence-corrected chi connectivity index (χ0v) is 5.89. The fraction of sp³-hybridized carbons (Fsp3) is 0.714. The second kappa shape index (κ2) is 2.40. The molecular weight excluding hydrogens is 116 g/mol. The van der Waals surface area contributed by atoms with Gasteiger partial charge in [-0.25, -0.2) is 0 Å². The summed E-state index contributed by atoms with van der Waals surface area (Å²) >= 11 is 0. The van der Waals surface area contributed by atoms with Crippen molar-refractivity contribution in [3.63, 3.8) is 0 Å². The van der Waals surface area contributed by atoms with Gasteiger partial charge in [0.15, 0.2) is 6.29 Å². The van der Waals surface area contributed by atoms with Crippen LogP contribution in [0.1, 0.15) is 20.3 Å². The normalized spacial score (nSPS) is 36.0. The first-order valence-electron chi connectivity index (χ1n) is 3.18. The summed E-state index contributed by atoms with van der Waals surface area (Å²) in [6.45, 7) is 7.61. The standard InChI is InChI=1S/C7H12O2/c1-5-4-6(2)9-7(3)8-5/h6-7H,1,4H2,2-3H3/t6-,7+/m0/s1. The molecule has 2 heteroatoms. The Morgan fingerprint density at radius 2 is 2.22 bits per heavy atom. The molecule has 2 nitrogen and oxygen atoms in total. The Morgan fingerprint density at radius 1 is 1.56 bits per heavy atom. The smallest absolute Gasteiger partial charge is 0.196 e. The van der Waals surface area contributed by atoms with Crippen LogP contribution in [0.5, 0.6) is 0 Å². The molecule has 1 aliphatic rings. The van der Waals surface area contributed by atoms with E-state index in [0.717, 1.165) is 12.2 Å². The van der Waals surface area contributed by atoms with Crippen molar-refractivity contribution in [2.24, 2.45) is 0 Å². The summed E-state index contributed by atoms with van der Waals surface area (Å²) in [5.74, 6) is 0.834. The second-order valence-electron chi connectivity index (χ2n) is 2.37. The van der Waals surface area contributed by atoms with Crippen LogP contribution >= 0.6 is 0 Å². The van der Waals surface area contributed by atoms with Gasteiger partial charge in [-0.1, -0.05) is 6.58 Å². The van der Waals surface area contributed by atoms with Gasteiger partial charge in [-0.2, -0.15) is 0 Å². The fourth-order valence-corrected chi connectivity index (χ4v) is 1.01. The minimum Gasteiger partial charge on any atom is -0.470 e. The molecule has 0 amide bonds. The van der Waals surface area contributed by atoms with E-state index in [1.165, 1.54) is 0 Å². The predicted molar refractivity (Wildman–Crippen MR) is 34.9 cm³/mol. The van der Waals surface area contributed by atoms with Gasteiger partial charge in [-0.3, -0.25) is 0 Å². The van der Waals surface area contributed by atoms with E-state index in [0.29, 0.717) is 0 Å². The summed E-state index contributed by atoms with van der Waals surface area (Å²) in [5, 5.41) is 0. The van der Waals surface area contributed by atoms with E-state index >= 15 is 0 Å². The molecule has 1 saturated heterocycles. The number of ether oxygens (including phenoxy) is 2. The summed E-state index contributed by atoms with van der Waals surface area (Å²) in [6.07, 6.45) is 0.979. The number of rotatable bonds is 0. The Hall–Kier alpha value is -0.500. The maximum Gasteiger partial charge on any atom is 0.196 e. The average Bonchev–Trinajstić information content (AvgIpc) is 1.59. The van der Waals surface area contributed by atoms with Gasteiger partial charge in [0.2, 0.25) is 0 Å². The third-order valence-electron chi connectivity index (χ3n) is 1.27. The van der Waals surface area contributed by atoms with Crippen LogP contribution < -0.4 is 0 Å². The molecule has 2 atom stereocenters. The molecule has 52 valence electrons. The van der Waals surface area contributed by atoms with Crippen molar-refractivity contribution in [1.82, 2.24) is 0 Å². The minimum absolute atomic E-state index is 0.110. The highest BCUT2D eigenvalue weighted by molar-refractivity contribution is 4.87. The summed E-state index contributed by atoms with van der Waals surface area (Å²) in [5.41, 5.74) is 0. The lowest BCUT2D eigenvalue weighted by Crippen LogP contribution is -2.26. The molecule has 0 aromatic carbocycles. The third kappa shape index (κ3) is 1.72. The first-order valence-corrected chi connectivity index (χ1v) is 3.18. The Kier molecular flexibility index (Phi) is 1.76. The molecule has 1 heterocycles. The van der Waals surface area contributed by atoms with Gasteiger partial charge in [0.1, 0.15) is 0 Å². The van der Waals surface area contributed by atoms with Gasteiger partial charge < -0.3 is 9.47 Å². The van der Waals surface area contributed by atoms with Gasteiger partial charge in [0.25, 0.3) is 0 Å². The van der Waals surface area contributed by atoms with Crippen molar-refractivity contribution in [2.45, 2.75) is 32.7 Å². The fourth-order valence-electron chi connectivity index (χ4n) is 1.01. The minimum atomic E-state index is -0.110. The van der Waals surface area contributed by atoms with Crippen LogP contribution in [0.4, 0.5) is 0 Å². The second-order valence-corrected chi connectivity index (χ2v) is 2.37. The van der Waals surface area contributed by atoms with E-state index in [9.17, 15) is 0 Å². The highest BCUT2D eigenvalue weighted by atomic mass is 16.7. The molecule has 0 saturated carbocycles. The van der Waals surface area contributed by atoms with Gasteiger partial charge in [0, 0.05) is 6.42 Å². The van der Waals surface area contributed by atoms with Crippen LogP contribution in [-0.4, -0.2) is 12.4 Å². The maximum atomic E-state index is 5.27. The molecule has 0 radical (unpaired) electrons. The van der Waals surface area contributed by atoms with E-state index in [1.807, 2.05) is 13.8 Å². The van der Waals surface area contributed by atoms with Crippen LogP contribution in [0, 0.1) is 0 Å². The molecule has 0 unspecified atom stereocenters. The third-order valence-corrected chi connectivity index (χ3v) is 1.27. The maximum absolute atomic E-state index is 5.27. The molecular formula is C7H12O2. The van der Waals surface area contributed by atoms with E-state index in [4.69, 9.17) is 9.47 Å². The van der Waals surface area contributed by atoms with Crippen LogP contribution in [0.15, 0.2) is 12.3 Å². The lowest BCUT2D eigenvalue weighted by molar-refractivity contribution is -0.167. The molecule has 1 fully saturated rings. The Bertz CT molecular complexity index is 108. The van der Waals surface area contributed by atoms with E-state index in [2.05, 4.69) is 6.58 Å². The van der Waals surface area contributed by atoms with Crippen molar-refractivity contribution < 1.29 is 9.47 Å². The van der Waals surface area contributed by atoms with Crippen molar-refractivity contribution >= 4 is 0 Å². The lowest BCUT2D eigenvalue weighted by Gasteiger charge is -2.27. The van der Waals surface area contributed by atoms with E-state index < -0.39 is 0 Å². The molecule has 1 rings (SSSR count). The van der Waals surface area contributed by atoms with Crippen LogP contribution in [0.2, 0.25) is 0 Å². The summed E-state index contributed by atoms with van der Waals surface area (Å²) in [4.78, 5) is 0. The quantitative estimate of drug-likeness (QED) is 0.494. The molecule has 0 bridgehead atoms. The number of hydrogen-bond donors (Lipinski definition) is 0. The van der Waals surface area contributed by atoms with Crippen LogP contribution in [-0.2, 0) is 9.47 Å². The molecule has 0 aliphatic carbocycles. The predicted octanol–water partition coefficient (Wildman–Crippen LogP) is 1.67. The van der Waals surface area contributed by atoms with Crippen molar-refractivity contribution in [2.75, 3.05) is 0 Å². The largest absolute Gasteiger partial charge is 0.470 e. The van der Waals surface area contributed by atoms with Crippen LogP contribution in [0.25, 0.3) is 0 Å². The molecule has 0 N–H and O–H groups in total. The Balaban J connectivity index is 2.43. The average molecular weight is 128 g/mol. The zero-order valence-electron chi connectivity index (χ0n) is 5.89.